The smallest absolute Gasteiger partial charge is 0.330 e. The molecule has 162 valence electrons. The molecule has 0 radical (unpaired) electrons. The predicted molar refractivity (Wildman–Crippen MR) is 114 cm³/mol. The fourth-order valence-electron chi connectivity index (χ4n) is 6.67. The molecule has 3 rings (SSSR count). The van der Waals surface area contributed by atoms with Crippen LogP contribution in [0.5, 0.6) is 0 Å². The van der Waals surface area contributed by atoms with Crippen LogP contribution in [0, 0.1) is 34.5 Å². The Kier molecular flexibility index (Phi) is 6.31. The number of fused-ring (bicyclic) bond motifs is 3. The summed E-state index contributed by atoms with van der Waals surface area (Å²) in [7, 11) is 1.50. The molecular formula is C25H38O4. The molecule has 3 aliphatic rings. The lowest BCUT2D eigenvalue weighted by atomic mass is 9.43. The first kappa shape index (κ1) is 22.1. The van der Waals surface area contributed by atoms with Crippen molar-refractivity contribution < 1.29 is 19.1 Å². The molecule has 0 aromatic carbocycles. The third-order valence-corrected chi connectivity index (χ3v) is 8.25. The quantitative estimate of drug-likeness (QED) is 0.355. The fourth-order valence-corrected chi connectivity index (χ4v) is 6.67. The van der Waals surface area contributed by atoms with Crippen LogP contribution >= 0.6 is 0 Å². The summed E-state index contributed by atoms with van der Waals surface area (Å²) in [4.78, 5) is 25.3. The zero-order valence-electron chi connectivity index (χ0n) is 19.0. The number of carbonyl (C=O) groups is 2. The summed E-state index contributed by atoms with van der Waals surface area (Å²) < 4.78 is 10.5. The highest BCUT2D eigenvalue weighted by molar-refractivity contribution is 5.83. The summed E-state index contributed by atoms with van der Waals surface area (Å²) in [6.07, 6.45) is 10.2. The highest BCUT2D eigenvalue weighted by Crippen LogP contribution is 2.65. The van der Waals surface area contributed by atoms with E-state index in [0.29, 0.717) is 18.4 Å². The van der Waals surface area contributed by atoms with Crippen molar-refractivity contribution in [3.05, 3.63) is 23.3 Å². The first-order valence-electron chi connectivity index (χ1n) is 11.3. The van der Waals surface area contributed by atoms with Gasteiger partial charge in [0.1, 0.15) is 0 Å². The first-order valence-corrected chi connectivity index (χ1v) is 11.3. The Bertz CT molecular complexity index is 718. The molecule has 0 bridgehead atoms. The molecule has 29 heavy (non-hydrogen) atoms. The maximum absolute atomic E-state index is 12.9. The van der Waals surface area contributed by atoms with Crippen LogP contribution in [0.15, 0.2) is 23.3 Å². The summed E-state index contributed by atoms with van der Waals surface area (Å²) in [6.45, 7) is 11.2. The van der Waals surface area contributed by atoms with E-state index in [2.05, 4.69) is 33.8 Å². The van der Waals surface area contributed by atoms with Gasteiger partial charge < -0.3 is 9.47 Å². The minimum atomic E-state index is -0.498. The molecule has 4 nitrogen and oxygen atoms in total. The van der Waals surface area contributed by atoms with E-state index in [0.717, 1.165) is 44.1 Å². The molecule has 0 amide bonds. The Balaban J connectivity index is 2.08. The minimum absolute atomic E-state index is 0.0802. The lowest BCUT2D eigenvalue weighted by Crippen LogP contribution is -2.56. The second kappa shape index (κ2) is 8.28. The lowest BCUT2D eigenvalue weighted by molar-refractivity contribution is -0.169. The summed E-state index contributed by atoms with van der Waals surface area (Å²) in [6, 6.07) is 0. The van der Waals surface area contributed by atoms with Crippen molar-refractivity contribution in [3.8, 4) is 0 Å². The van der Waals surface area contributed by atoms with Crippen molar-refractivity contribution in [2.75, 3.05) is 13.7 Å². The van der Waals surface area contributed by atoms with Crippen LogP contribution in [-0.2, 0) is 19.1 Å². The number of hydrogen-bond acceptors (Lipinski definition) is 4. The SMILES string of the molecule is CCOC(=O)/C=C1\C[C@@H]2[C@](C)(CCC[C@@]2(C)C(=O)OC)[C@H]2CCC(C(C)C)=C[C@H]12. The molecule has 0 aromatic heterocycles. The Hall–Kier alpha value is -1.58. The van der Waals surface area contributed by atoms with Crippen LogP contribution in [0.25, 0.3) is 0 Å². The zero-order valence-corrected chi connectivity index (χ0v) is 19.0. The van der Waals surface area contributed by atoms with Gasteiger partial charge in [-0.1, -0.05) is 44.4 Å². The van der Waals surface area contributed by atoms with E-state index in [4.69, 9.17) is 9.47 Å². The Morgan fingerprint density at radius 2 is 2.00 bits per heavy atom. The third kappa shape index (κ3) is 3.80. The van der Waals surface area contributed by atoms with Crippen LogP contribution in [0.1, 0.15) is 73.1 Å². The standard InChI is InChI=1S/C25H38O4/c1-7-29-22(26)15-18-14-21-24(4,11-8-12-25(21,5)23(27)28-6)20-10-9-17(16(2)3)13-19(18)20/h13,15-16,19-21H,7-12,14H2,1-6H3/b18-15+/t19-,20+,21-,24-,25-/m1/s1. The Morgan fingerprint density at radius 3 is 2.62 bits per heavy atom. The number of carbonyl (C=O) groups excluding carboxylic acids is 2. The summed E-state index contributed by atoms with van der Waals surface area (Å²) >= 11 is 0. The van der Waals surface area contributed by atoms with Gasteiger partial charge in [0.25, 0.3) is 0 Å². The number of esters is 2. The van der Waals surface area contributed by atoms with E-state index in [1.165, 1.54) is 12.7 Å². The molecule has 2 fully saturated rings. The van der Waals surface area contributed by atoms with Gasteiger partial charge in [0.2, 0.25) is 0 Å². The summed E-state index contributed by atoms with van der Waals surface area (Å²) in [5, 5.41) is 0. The van der Waals surface area contributed by atoms with Gasteiger partial charge in [-0.15, -0.1) is 0 Å². The second-order valence-electron chi connectivity index (χ2n) is 10.1. The second-order valence-corrected chi connectivity index (χ2v) is 10.1. The van der Waals surface area contributed by atoms with E-state index in [1.807, 2.05) is 6.92 Å². The molecule has 0 saturated heterocycles. The van der Waals surface area contributed by atoms with E-state index in [1.54, 1.807) is 6.08 Å². The largest absolute Gasteiger partial charge is 0.469 e. The molecule has 0 heterocycles. The molecule has 0 spiro atoms. The number of rotatable bonds is 4. The molecular weight excluding hydrogens is 364 g/mol. The molecule has 0 aliphatic heterocycles. The van der Waals surface area contributed by atoms with Crippen molar-refractivity contribution >= 4 is 11.9 Å². The average Bonchev–Trinajstić information content (AvgIpc) is 2.68. The topological polar surface area (TPSA) is 52.6 Å². The van der Waals surface area contributed by atoms with E-state index >= 15 is 0 Å². The van der Waals surface area contributed by atoms with Crippen molar-refractivity contribution in [1.82, 2.24) is 0 Å². The maximum atomic E-state index is 12.9. The van der Waals surface area contributed by atoms with Crippen molar-refractivity contribution in [2.45, 2.75) is 73.1 Å². The fraction of sp³-hybridized carbons (Fsp3) is 0.760. The lowest BCUT2D eigenvalue weighted by Gasteiger charge is -2.60. The molecule has 3 aliphatic carbocycles. The van der Waals surface area contributed by atoms with Crippen LogP contribution in [-0.4, -0.2) is 25.7 Å². The van der Waals surface area contributed by atoms with Crippen LogP contribution < -0.4 is 0 Å². The number of ether oxygens (including phenoxy) is 2. The number of allylic oxidation sites excluding steroid dienone is 3. The van der Waals surface area contributed by atoms with Gasteiger partial charge in [0.05, 0.1) is 19.1 Å². The van der Waals surface area contributed by atoms with Crippen molar-refractivity contribution in [1.29, 1.82) is 0 Å². The zero-order chi connectivity index (χ0) is 21.4. The molecule has 2 saturated carbocycles. The van der Waals surface area contributed by atoms with E-state index in [9.17, 15) is 9.59 Å². The van der Waals surface area contributed by atoms with Crippen molar-refractivity contribution in [3.63, 3.8) is 0 Å². The summed E-state index contributed by atoms with van der Waals surface area (Å²) in [5.74, 6) is 1.08. The highest BCUT2D eigenvalue weighted by atomic mass is 16.5. The van der Waals surface area contributed by atoms with Gasteiger partial charge >= 0.3 is 11.9 Å². The van der Waals surface area contributed by atoms with Crippen LogP contribution in [0.2, 0.25) is 0 Å². The van der Waals surface area contributed by atoms with Gasteiger partial charge in [-0.3, -0.25) is 4.79 Å². The molecule has 4 heteroatoms. The molecule has 0 unspecified atom stereocenters. The van der Waals surface area contributed by atoms with Gasteiger partial charge in [0.15, 0.2) is 0 Å². The van der Waals surface area contributed by atoms with Gasteiger partial charge in [-0.25, -0.2) is 4.79 Å². The Morgan fingerprint density at radius 1 is 1.28 bits per heavy atom. The Labute approximate surface area is 176 Å². The average molecular weight is 403 g/mol. The normalized spacial score (nSPS) is 38.1. The van der Waals surface area contributed by atoms with Crippen LogP contribution in [0.3, 0.4) is 0 Å². The van der Waals surface area contributed by atoms with Crippen molar-refractivity contribution in [2.24, 2.45) is 34.5 Å². The van der Waals surface area contributed by atoms with E-state index in [-0.39, 0.29) is 29.2 Å². The van der Waals surface area contributed by atoms with E-state index < -0.39 is 5.41 Å². The monoisotopic (exact) mass is 402 g/mol. The first-order chi connectivity index (χ1) is 13.7. The highest BCUT2D eigenvalue weighted by Gasteiger charge is 2.60. The van der Waals surface area contributed by atoms with Gasteiger partial charge in [-0.2, -0.15) is 0 Å². The number of methoxy groups -OCH3 is 1. The van der Waals surface area contributed by atoms with Gasteiger partial charge in [-0.05, 0) is 69.1 Å². The minimum Gasteiger partial charge on any atom is -0.469 e. The third-order valence-electron chi connectivity index (χ3n) is 8.25. The molecule has 5 atom stereocenters. The van der Waals surface area contributed by atoms with Crippen LogP contribution in [0.4, 0.5) is 0 Å². The molecule has 0 N–H and O–H groups in total. The molecule has 0 aromatic rings. The predicted octanol–water partition coefficient (Wildman–Crippen LogP) is 5.47. The number of hydrogen-bond donors (Lipinski definition) is 0. The maximum Gasteiger partial charge on any atom is 0.330 e. The van der Waals surface area contributed by atoms with Gasteiger partial charge in [0, 0.05) is 12.0 Å². The summed E-state index contributed by atoms with van der Waals surface area (Å²) in [5.41, 5.74) is 2.22.